The van der Waals surface area contributed by atoms with E-state index in [2.05, 4.69) is 53.3 Å². The van der Waals surface area contributed by atoms with Crippen LogP contribution in [0.15, 0.2) is 36.5 Å². The predicted octanol–water partition coefficient (Wildman–Crippen LogP) is 3.94. The first-order valence-corrected chi connectivity index (χ1v) is 12.2. The first-order chi connectivity index (χ1) is 16.6. The molecule has 3 aromatic rings. The summed E-state index contributed by atoms with van der Waals surface area (Å²) in [4.78, 5) is 28.5. The van der Waals surface area contributed by atoms with E-state index in [0.29, 0.717) is 17.4 Å². The molecule has 1 aromatic carbocycles. The summed E-state index contributed by atoms with van der Waals surface area (Å²) in [5.41, 5.74) is 3.54. The number of urea groups is 1. The molecule has 0 radical (unpaired) electrons. The molecular weight excluding hydrogens is 428 g/mol. The van der Waals surface area contributed by atoms with Gasteiger partial charge in [0.25, 0.3) is 0 Å². The summed E-state index contributed by atoms with van der Waals surface area (Å²) in [6.45, 7) is 5.98. The number of nitrogens with zero attached hydrogens (tertiary/aromatic N) is 4. The molecule has 2 amide bonds. The molecule has 2 aromatic heterocycles. The molecule has 0 atom stereocenters. The van der Waals surface area contributed by atoms with Gasteiger partial charge in [-0.2, -0.15) is 4.98 Å². The first-order valence-electron chi connectivity index (χ1n) is 12.2. The summed E-state index contributed by atoms with van der Waals surface area (Å²) in [6.07, 6.45) is 7.42. The fourth-order valence-corrected chi connectivity index (χ4v) is 4.64. The largest absolute Gasteiger partial charge is 0.369 e. The highest BCUT2D eigenvalue weighted by molar-refractivity contribution is 5.91. The second-order valence-electron chi connectivity index (χ2n) is 9.10. The van der Waals surface area contributed by atoms with Crippen LogP contribution < -0.4 is 26.2 Å². The number of benzene rings is 1. The van der Waals surface area contributed by atoms with Crippen LogP contribution >= 0.6 is 0 Å². The lowest BCUT2D eigenvalue weighted by Crippen LogP contribution is -2.43. The number of carbonyl (C=O) groups is 1. The maximum Gasteiger partial charge on any atom is 0.320 e. The minimum Gasteiger partial charge on any atom is -0.369 e. The molecule has 1 saturated heterocycles. The van der Waals surface area contributed by atoms with Crippen LogP contribution in [0.5, 0.6) is 0 Å². The average Bonchev–Trinajstić information content (AvgIpc) is 2.86. The third-order valence-electron chi connectivity index (χ3n) is 6.54. The van der Waals surface area contributed by atoms with Crippen LogP contribution in [-0.2, 0) is 0 Å². The van der Waals surface area contributed by atoms with Crippen molar-refractivity contribution in [1.82, 2.24) is 25.6 Å². The van der Waals surface area contributed by atoms with Crippen molar-refractivity contribution in [3.63, 3.8) is 0 Å². The van der Waals surface area contributed by atoms with Gasteiger partial charge in [0.1, 0.15) is 5.82 Å². The maximum absolute atomic E-state index is 12.5. The fraction of sp³-hybridized carbons (Fsp3) is 0.440. The lowest BCUT2D eigenvalue weighted by atomic mass is 9.96. The Hall–Kier alpha value is -3.46. The molecule has 0 unspecified atom stereocenters. The monoisotopic (exact) mass is 460 g/mol. The van der Waals surface area contributed by atoms with E-state index in [0.717, 1.165) is 55.7 Å². The van der Waals surface area contributed by atoms with Crippen LogP contribution in [0.2, 0.25) is 0 Å². The van der Waals surface area contributed by atoms with Crippen molar-refractivity contribution in [3.8, 4) is 0 Å². The lowest BCUT2D eigenvalue weighted by molar-refractivity contribution is 0.244. The van der Waals surface area contributed by atoms with Crippen molar-refractivity contribution in [2.45, 2.75) is 45.1 Å². The molecular formula is C25H32N8O. The van der Waals surface area contributed by atoms with Crippen LogP contribution in [0, 0.1) is 6.92 Å². The van der Waals surface area contributed by atoms with Gasteiger partial charge in [0.15, 0.2) is 5.65 Å². The normalized spacial score (nSPS) is 16.9. The Morgan fingerprint density at radius 1 is 1.06 bits per heavy atom. The Balaban J connectivity index is 1.27. The number of hydrogen-bond acceptors (Lipinski definition) is 7. The van der Waals surface area contributed by atoms with Gasteiger partial charge in [0, 0.05) is 55.2 Å². The van der Waals surface area contributed by atoms with Gasteiger partial charge < -0.3 is 20.9 Å². The molecule has 34 heavy (non-hydrogen) atoms. The van der Waals surface area contributed by atoms with Gasteiger partial charge in [-0.3, -0.25) is 5.32 Å². The van der Waals surface area contributed by atoms with E-state index in [1.165, 1.54) is 24.9 Å². The van der Waals surface area contributed by atoms with Crippen molar-refractivity contribution < 1.29 is 4.79 Å². The molecule has 1 aliphatic heterocycles. The first kappa shape index (κ1) is 22.3. The average molecular weight is 461 g/mol. The molecule has 2 fully saturated rings. The number of carbonyl (C=O) groups excluding carboxylic acids is 1. The van der Waals surface area contributed by atoms with Gasteiger partial charge in [0.05, 0.1) is 0 Å². The van der Waals surface area contributed by atoms with E-state index < -0.39 is 0 Å². The Bertz CT molecular complexity index is 1140. The molecule has 1 saturated carbocycles. The van der Waals surface area contributed by atoms with E-state index >= 15 is 0 Å². The molecule has 178 valence electrons. The van der Waals surface area contributed by atoms with Crippen LogP contribution in [-0.4, -0.2) is 53.2 Å². The Kier molecular flexibility index (Phi) is 6.71. The number of rotatable bonds is 5. The van der Waals surface area contributed by atoms with Gasteiger partial charge in [-0.25, -0.2) is 14.8 Å². The van der Waals surface area contributed by atoms with Crippen molar-refractivity contribution in [1.29, 1.82) is 0 Å². The van der Waals surface area contributed by atoms with Crippen LogP contribution in [0.4, 0.5) is 27.9 Å². The van der Waals surface area contributed by atoms with Crippen molar-refractivity contribution >= 4 is 40.2 Å². The number of piperazine rings is 1. The number of nitrogens with one attached hydrogen (secondary N) is 4. The predicted molar refractivity (Wildman–Crippen MR) is 136 cm³/mol. The number of aromatic nitrogens is 3. The number of anilines is 4. The number of amides is 2. The van der Waals surface area contributed by atoms with Crippen LogP contribution in [0.1, 0.15) is 37.7 Å². The number of pyridine rings is 1. The quantitative estimate of drug-likeness (QED) is 0.457. The van der Waals surface area contributed by atoms with Gasteiger partial charge in [0.2, 0.25) is 5.95 Å². The minimum absolute atomic E-state index is 0.209. The molecule has 0 spiro atoms. The summed E-state index contributed by atoms with van der Waals surface area (Å²) < 4.78 is 0. The number of aryl methyl sites for hydroxylation is 1. The topological polar surface area (TPSA) is 107 Å². The second-order valence-corrected chi connectivity index (χ2v) is 9.10. The molecule has 9 nitrogen and oxygen atoms in total. The molecule has 9 heteroatoms. The highest BCUT2D eigenvalue weighted by Gasteiger charge is 2.17. The summed E-state index contributed by atoms with van der Waals surface area (Å²) in [5.74, 6) is 0.988. The van der Waals surface area contributed by atoms with Gasteiger partial charge in [-0.15, -0.1) is 0 Å². The SMILES string of the molecule is Cc1cc2cnc(Nc3ccc(N4CCNCC4)cc3)nc2nc1NC(=O)NC1CCCCC1. The van der Waals surface area contributed by atoms with Crippen molar-refractivity contribution in [2.24, 2.45) is 0 Å². The highest BCUT2D eigenvalue weighted by Crippen LogP contribution is 2.23. The standard InChI is InChI=1S/C25H32N8O/c1-17-15-18-16-27-24(28-20-7-9-21(10-8-20)33-13-11-26-12-14-33)31-23(18)30-22(17)32-25(34)29-19-5-3-2-4-6-19/h7-10,15-16,19,26H,2-6,11-14H2,1H3,(H3,27,28,29,30,31,32,34). The van der Waals surface area contributed by atoms with Crippen molar-refractivity contribution in [2.75, 3.05) is 41.7 Å². The smallest absolute Gasteiger partial charge is 0.320 e. The van der Waals surface area contributed by atoms with Gasteiger partial charge in [-0.05, 0) is 55.7 Å². The Morgan fingerprint density at radius 2 is 1.82 bits per heavy atom. The summed E-state index contributed by atoms with van der Waals surface area (Å²) >= 11 is 0. The van der Waals surface area contributed by atoms with Crippen LogP contribution in [0.25, 0.3) is 11.0 Å². The summed E-state index contributed by atoms with van der Waals surface area (Å²) in [5, 5.41) is 13.4. The maximum atomic E-state index is 12.5. The van der Waals surface area contributed by atoms with E-state index in [4.69, 9.17) is 0 Å². The van der Waals surface area contributed by atoms with E-state index in [1.54, 1.807) is 6.20 Å². The van der Waals surface area contributed by atoms with E-state index in [1.807, 2.05) is 25.1 Å². The van der Waals surface area contributed by atoms with E-state index in [9.17, 15) is 4.79 Å². The molecule has 1 aliphatic carbocycles. The molecule has 4 N–H and O–H groups in total. The third-order valence-corrected chi connectivity index (χ3v) is 6.54. The Labute approximate surface area is 199 Å². The van der Waals surface area contributed by atoms with Crippen molar-refractivity contribution in [3.05, 3.63) is 42.1 Å². The fourth-order valence-electron chi connectivity index (χ4n) is 4.64. The zero-order valence-corrected chi connectivity index (χ0v) is 19.6. The second kappa shape index (κ2) is 10.2. The highest BCUT2D eigenvalue weighted by atomic mass is 16.2. The van der Waals surface area contributed by atoms with Gasteiger partial charge >= 0.3 is 6.03 Å². The zero-order valence-electron chi connectivity index (χ0n) is 19.6. The summed E-state index contributed by atoms with van der Waals surface area (Å²) in [6, 6.07) is 10.3. The molecule has 2 aliphatic rings. The summed E-state index contributed by atoms with van der Waals surface area (Å²) in [7, 11) is 0. The number of fused-ring (bicyclic) bond motifs is 1. The van der Waals surface area contributed by atoms with Gasteiger partial charge in [-0.1, -0.05) is 19.3 Å². The number of hydrogen-bond donors (Lipinski definition) is 4. The van der Waals surface area contributed by atoms with E-state index in [-0.39, 0.29) is 12.1 Å². The Morgan fingerprint density at radius 3 is 2.59 bits per heavy atom. The van der Waals surface area contributed by atoms with Crippen LogP contribution in [0.3, 0.4) is 0 Å². The third kappa shape index (κ3) is 5.36. The minimum atomic E-state index is -0.209. The molecule has 3 heterocycles. The molecule has 5 rings (SSSR count). The lowest BCUT2D eigenvalue weighted by Gasteiger charge is -2.29. The zero-order chi connectivity index (χ0) is 23.3. The molecule has 0 bridgehead atoms.